The third-order valence-corrected chi connectivity index (χ3v) is 3.70. The molecule has 5 heteroatoms. The van der Waals surface area contributed by atoms with Crippen LogP contribution in [0.3, 0.4) is 0 Å². The fourth-order valence-corrected chi connectivity index (χ4v) is 2.76. The van der Waals surface area contributed by atoms with Gasteiger partial charge in [0.05, 0.1) is 0 Å². The predicted molar refractivity (Wildman–Crippen MR) is 64.8 cm³/mol. The molecule has 1 fully saturated rings. The number of fused-ring (bicyclic) bond motifs is 1. The van der Waals surface area contributed by atoms with Crippen LogP contribution in [0.1, 0.15) is 24.4 Å². The van der Waals surface area contributed by atoms with Gasteiger partial charge < -0.3 is 9.47 Å². The van der Waals surface area contributed by atoms with Crippen LogP contribution in [-0.4, -0.2) is 36.7 Å². The molecule has 0 amide bonds. The maximum atomic E-state index is 6.03. The molecule has 17 heavy (non-hydrogen) atoms. The van der Waals surface area contributed by atoms with E-state index in [1.54, 1.807) is 0 Å². The number of nitrogens with zero attached hydrogens (tertiary/aromatic N) is 2. The summed E-state index contributed by atoms with van der Waals surface area (Å²) in [5.74, 6) is 1.39. The van der Waals surface area contributed by atoms with E-state index in [9.17, 15) is 0 Å². The van der Waals surface area contributed by atoms with Crippen molar-refractivity contribution in [1.82, 2.24) is 9.88 Å². The van der Waals surface area contributed by atoms with E-state index < -0.39 is 0 Å². The Hall–Kier alpha value is -1.00. The number of halogens is 1. The number of hydrogen-bond acceptors (Lipinski definition) is 4. The molecule has 0 bridgehead atoms. The second-order valence-electron chi connectivity index (χ2n) is 4.50. The molecule has 4 nitrogen and oxygen atoms in total. The van der Waals surface area contributed by atoms with E-state index in [4.69, 9.17) is 21.1 Å². The van der Waals surface area contributed by atoms with Crippen molar-refractivity contribution >= 4 is 11.6 Å². The first-order valence-electron chi connectivity index (χ1n) is 5.91. The summed E-state index contributed by atoms with van der Waals surface area (Å²) in [5.41, 5.74) is 1.10. The maximum Gasteiger partial charge on any atom is 0.199 e. The van der Waals surface area contributed by atoms with Crippen molar-refractivity contribution in [2.24, 2.45) is 0 Å². The molecule has 1 aromatic rings. The van der Waals surface area contributed by atoms with Gasteiger partial charge in [0.25, 0.3) is 0 Å². The first-order chi connectivity index (χ1) is 8.27. The molecule has 1 atom stereocenters. The van der Waals surface area contributed by atoms with Crippen molar-refractivity contribution in [1.29, 1.82) is 0 Å². The summed E-state index contributed by atoms with van der Waals surface area (Å²) in [6.45, 7) is 2.23. The fourth-order valence-electron chi connectivity index (χ4n) is 2.57. The van der Waals surface area contributed by atoms with Gasteiger partial charge in [0, 0.05) is 17.8 Å². The Bertz CT molecular complexity index is 439. The molecule has 0 saturated carbocycles. The summed E-state index contributed by atoms with van der Waals surface area (Å²) in [7, 11) is 2.13. The van der Waals surface area contributed by atoms with E-state index >= 15 is 0 Å². The molecule has 2 aliphatic heterocycles. The summed E-state index contributed by atoms with van der Waals surface area (Å²) < 4.78 is 11.3. The minimum Gasteiger partial charge on any atom is -0.486 e. The van der Waals surface area contributed by atoms with Crippen LogP contribution in [0.4, 0.5) is 0 Å². The third-order valence-electron chi connectivity index (χ3n) is 3.43. The van der Waals surface area contributed by atoms with E-state index in [2.05, 4.69) is 16.9 Å². The summed E-state index contributed by atoms with van der Waals surface area (Å²) in [4.78, 5) is 6.53. The Morgan fingerprint density at radius 1 is 1.35 bits per heavy atom. The minimum atomic E-state index is 0.371. The summed E-state index contributed by atoms with van der Waals surface area (Å²) in [6.07, 6.45) is 4.16. The van der Waals surface area contributed by atoms with E-state index in [0.29, 0.717) is 30.2 Å². The van der Waals surface area contributed by atoms with E-state index in [1.807, 2.05) is 6.20 Å². The van der Waals surface area contributed by atoms with Gasteiger partial charge in [-0.15, -0.1) is 0 Å². The quantitative estimate of drug-likeness (QED) is 0.720. The highest BCUT2D eigenvalue weighted by Gasteiger charge is 2.30. The Labute approximate surface area is 105 Å². The molecule has 0 spiro atoms. The molecule has 3 heterocycles. The zero-order valence-electron chi connectivity index (χ0n) is 9.78. The monoisotopic (exact) mass is 254 g/mol. The minimum absolute atomic E-state index is 0.371. The van der Waals surface area contributed by atoms with Crippen molar-refractivity contribution in [3.63, 3.8) is 0 Å². The summed E-state index contributed by atoms with van der Waals surface area (Å²) >= 11 is 6.03. The lowest BCUT2D eigenvalue weighted by Crippen LogP contribution is -2.22. The average Bonchev–Trinajstić information content (AvgIpc) is 2.77. The van der Waals surface area contributed by atoms with Gasteiger partial charge in [-0.25, -0.2) is 4.98 Å². The number of hydrogen-bond donors (Lipinski definition) is 0. The van der Waals surface area contributed by atoms with Crippen LogP contribution in [0.5, 0.6) is 11.5 Å². The van der Waals surface area contributed by atoms with E-state index in [0.717, 1.165) is 24.3 Å². The number of pyridine rings is 1. The molecule has 1 aromatic heterocycles. The van der Waals surface area contributed by atoms with Crippen LogP contribution in [-0.2, 0) is 0 Å². The highest BCUT2D eigenvalue weighted by Crippen LogP contribution is 2.44. The first kappa shape index (κ1) is 11.1. The second kappa shape index (κ2) is 4.35. The van der Waals surface area contributed by atoms with Crippen molar-refractivity contribution in [2.45, 2.75) is 18.9 Å². The fraction of sp³-hybridized carbons (Fsp3) is 0.583. The highest BCUT2D eigenvalue weighted by molar-refractivity contribution is 6.31. The van der Waals surface area contributed by atoms with Gasteiger partial charge in [0.2, 0.25) is 0 Å². The van der Waals surface area contributed by atoms with Gasteiger partial charge in [-0.05, 0) is 26.4 Å². The first-order valence-corrected chi connectivity index (χ1v) is 6.29. The molecular weight excluding hydrogens is 240 g/mol. The normalized spacial score (nSPS) is 24.0. The van der Waals surface area contributed by atoms with Gasteiger partial charge in [-0.3, -0.25) is 4.90 Å². The standard InChI is InChI=1S/C12H15ClN2O2/c1-15-4-2-3-9(15)8-7-14-12(13)11-10(8)16-5-6-17-11/h7,9H,2-6H2,1H3/t9-/m0/s1. The molecule has 2 aliphatic rings. The molecule has 0 aliphatic carbocycles. The van der Waals surface area contributed by atoms with Crippen molar-refractivity contribution in [3.05, 3.63) is 16.9 Å². The highest BCUT2D eigenvalue weighted by atomic mass is 35.5. The van der Waals surface area contributed by atoms with Crippen LogP contribution in [0.2, 0.25) is 5.15 Å². The lowest BCUT2D eigenvalue weighted by atomic mass is 10.1. The lowest BCUT2D eigenvalue weighted by Gasteiger charge is -2.26. The van der Waals surface area contributed by atoms with Crippen LogP contribution < -0.4 is 9.47 Å². The largest absolute Gasteiger partial charge is 0.486 e. The van der Waals surface area contributed by atoms with Gasteiger partial charge in [-0.2, -0.15) is 0 Å². The smallest absolute Gasteiger partial charge is 0.199 e. The number of ether oxygens (including phenoxy) is 2. The molecular formula is C12H15ClN2O2. The van der Waals surface area contributed by atoms with Gasteiger partial charge in [0.1, 0.15) is 13.2 Å². The second-order valence-corrected chi connectivity index (χ2v) is 4.86. The van der Waals surface area contributed by atoms with Gasteiger partial charge in [-0.1, -0.05) is 11.6 Å². The number of rotatable bonds is 1. The number of aromatic nitrogens is 1. The van der Waals surface area contributed by atoms with Crippen LogP contribution in [0.15, 0.2) is 6.20 Å². The van der Waals surface area contributed by atoms with Crippen molar-refractivity contribution in [2.75, 3.05) is 26.8 Å². The third kappa shape index (κ3) is 1.85. The van der Waals surface area contributed by atoms with Gasteiger partial charge >= 0.3 is 0 Å². The molecule has 1 saturated heterocycles. The molecule has 0 unspecified atom stereocenters. The molecule has 92 valence electrons. The molecule has 0 aromatic carbocycles. The lowest BCUT2D eigenvalue weighted by molar-refractivity contribution is 0.165. The molecule has 0 N–H and O–H groups in total. The van der Waals surface area contributed by atoms with E-state index in [-0.39, 0.29) is 0 Å². The predicted octanol–water partition coefficient (Wildman–Crippen LogP) is 2.27. The van der Waals surface area contributed by atoms with Crippen molar-refractivity contribution < 1.29 is 9.47 Å². The Kier molecular flexibility index (Phi) is 2.84. The summed E-state index contributed by atoms with van der Waals surface area (Å²) in [6, 6.07) is 0.371. The number of likely N-dealkylation sites (tertiary alicyclic amines) is 1. The van der Waals surface area contributed by atoms with Crippen molar-refractivity contribution in [3.8, 4) is 11.5 Å². The summed E-state index contributed by atoms with van der Waals surface area (Å²) in [5, 5.41) is 0.393. The van der Waals surface area contributed by atoms with E-state index in [1.165, 1.54) is 6.42 Å². The van der Waals surface area contributed by atoms with Crippen LogP contribution in [0.25, 0.3) is 0 Å². The molecule has 0 radical (unpaired) electrons. The topological polar surface area (TPSA) is 34.6 Å². The Morgan fingerprint density at radius 2 is 2.12 bits per heavy atom. The Balaban J connectivity index is 2.04. The van der Waals surface area contributed by atoms with Crippen LogP contribution in [0, 0.1) is 0 Å². The zero-order chi connectivity index (χ0) is 11.8. The maximum absolute atomic E-state index is 6.03. The van der Waals surface area contributed by atoms with Crippen LogP contribution >= 0.6 is 11.6 Å². The molecule has 3 rings (SSSR count). The SMILES string of the molecule is CN1CCC[C@H]1c1cnc(Cl)c2c1OCCO2. The average molecular weight is 255 g/mol. The zero-order valence-corrected chi connectivity index (χ0v) is 10.5. The Morgan fingerprint density at radius 3 is 2.82 bits per heavy atom. The van der Waals surface area contributed by atoms with Gasteiger partial charge in [0.15, 0.2) is 16.7 Å².